The first-order valence-electron chi connectivity index (χ1n) is 7.45. The summed E-state index contributed by atoms with van der Waals surface area (Å²) in [5.41, 5.74) is 0.692. The van der Waals surface area contributed by atoms with Gasteiger partial charge in [-0.2, -0.15) is 10.4 Å². The molecule has 1 fully saturated rings. The Balaban J connectivity index is 2.01. The van der Waals surface area contributed by atoms with Crippen LogP contribution in [0.3, 0.4) is 0 Å². The van der Waals surface area contributed by atoms with Gasteiger partial charge in [-0.25, -0.2) is 4.68 Å². The first-order valence-corrected chi connectivity index (χ1v) is 8.59. The van der Waals surface area contributed by atoms with E-state index in [1.54, 1.807) is 12.1 Å². The fourth-order valence-corrected chi connectivity index (χ4v) is 3.43. The second-order valence-electron chi connectivity index (χ2n) is 5.60. The molecule has 1 heterocycles. The summed E-state index contributed by atoms with van der Waals surface area (Å²) < 4.78 is 1.40. The number of nitrogens with zero attached hydrogens (tertiary/aromatic N) is 3. The van der Waals surface area contributed by atoms with Crippen molar-refractivity contribution in [3.05, 3.63) is 39.0 Å². The zero-order valence-electron chi connectivity index (χ0n) is 12.5. The minimum Gasteiger partial charge on any atom is -0.309 e. The van der Waals surface area contributed by atoms with Crippen molar-refractivity contribution in [3.63, 3.8) is 0 Å². The number of rotatable bonds is 3. The molecular formula is C16H13Cl3N4O. The quantitative estimate of drug-likeness (QED) is 0.771. The Bertz CT molecular complexity index is 835. The van der Waals surface area contributed by atoms with Gasteiger partial charge in [-0.05, 0) is 25.0 Å². The van der Waals surface area contributed by atoms with Crippen molar-refractivity contribution in [3.8, 4) is 11.8 Å². The molecule has 8 heteroatoms. The maximum atomic E-state index is 12.4. The molecule has 1 saturated carbocycles. The fourth-order valence-electron chi connectivity index (χ4n) is 2.82. The standard InChI is InChI=1S/C16H13Cl3N4O/c17-11-5-6-12(14(19)13(11)18)23-15(10(7-20)8-21-23)22-16(24)9-3-1-2-4-9/h5-6,8-9H,1-4H2,(H,22,24). The van der Waals surface area contributed by atoms with E-state index in [-0.39, 0.29) is 33.3 Å². The normalized spacial score (nSPS) is 14.6. The molecule has 0 radical (unpaired) electrons. The maximum Gasteiger partial charge on any atom is 0.228 e. The van der Waals surface area contributed by atoms with Crippen LogP contribution in [0.5, 0.6) is 0 Å². The molecule has 0 saturated heterocycles. The van der Waals surface area contributed by atoms with Crippen LogP contribution in [0, 0.1) is 17.2 Å². The van der Waals surface area contributed by atoms with Gasteiger partial charge in [0.2, 0.25) is 5.91 Å². The van der Waals surface area contributed by atoms with Gasteiger partial charge in [-0.3, -0.25) is 4.79 Å². The monoisotopic (exact) mass is 382 g/mol. The molecule has 2 aromatic rings. The lowest BCUT2D eigenvalue weighted by Gasteiger charge is -2.14. The molecule has 1 amide bonds. The number of hydrogen-bond donors (Lipinski definition) is 1. The minimum absolute atomic E-state index is 0.0378. The van der Waals surface area contributed by atoms with Crippen LogP contribution in [0.1, 0.15) is 31.2 Å². The molecule has 0 atom stereocenters. The number of hydrogen-bond acceptors (Lipinski definition) is 3. The van der Waals surface area contributed by atoms with Crippen LogP contribution in [0.25, 0.3) is 5.69 Å². The van der Waals surface area contributed by atoms with Crippen molar-refractivity contribution < 1.29 is 4.79 Å². The van der Waals surface area contributed by atoms with Crippen LogP contribution in [-0.2, 0) is 4.79 Å². The third-order valence-corrected chi connectivity index (χ3v) is 5.38. The van der Waals surface area contributed by atoms with Gasteiger partial charge in [0.25, 0.3) is 0 Å². The summed E-state index contributed by atoms with van der Waals surface area (Å²) in [5.74, 6) is 0.140. The van der Waals surface area contributed by atoms with Gasteiger partial charge in [0.15, 0.2) is 5.82 Å². The van der Waals surface area contributed by atoms with Crippen molar-refractivity contribution in [2.24, 2.45) is 5.92 Å². The van der Waals surface area contributed by atoms with E-state index in [0.717, 1.165) is 25.7 Å². The fraction of sp³-hybridized carbons (Fsp3) is 0.312. The molecule has 124 valence electrons. The van der Waals surface area contributed by atoms with Gasteiger partial charge < -0.3 is 5.32 Å². The van der Waals surface area contributed by atoms with E-state index in [1.165, 1.54) is 10.9 Å². The number of halogens is 3. The topological polar surface area (TPSA) is 70.7 Å². The molecule has 0 bridgehead atoms. The summed E-state index contributed by atoms with van der Waals surface area (Å²) >= 11 is 18.3. The van der Waals surface area contributed by atoms with Crippen molar-refractivity contribution in [2.75, 3.05) is 5.32 Å². The second-order valence-corrected chi connectivity index (χ2v) is 6.76. The van der Waals surface area contributed by atoms with Crippen molar-refractivity contribution >= 4 is 46.5 Å². The number of nitrogens with one attached hydrogen (secondary N) is 1. The first-order chi connectivity index (χ1) is 11.5. The number of carbonyl (C=O) groups is 1. The molecule has 1 aromatic carbocycles. The third kappa shape index (κ3) is 3.10. The number of benzene rings is 1. The van der Waals surface area contributed by atoms with Crippen LogP contribution in [-0.4, -0.2) is 15.7 Å². The highest BCUT2D eigenvalue weighted by molar-refractivity contribution is 6.48. The number of carbonyl (C=O) groups excluding carboxylic acids is 1. The van der Waals surface area contributed by atoms with E-state index < -0.39 is 0 Å². The van der Waals surface area contributed by atoms with Gasteiger partial charge in [-0.15, -0.1) is 0 Å². The molecule has 1 aromatic heterocycles. The van der Waals surface area contributed by atoms with Crippen molar-refractivity contribution in [1.29, 1.82) is 5.26 Å². The Morgan fingerprint density at radius 2 is 1.96 bits per heavy atom. The van der Waals surface area contributed by atoms with E-state index in [0.29, 0.717) is 10.7 Å². The molecule has 5 nitrogen and oxygen atoms in total. The summed E-state index contributed by atoms with van der Waals surface area (Å²) in [5, 5.41) is 17.0. The number of aromatic nitrogens is 2. The lowest BCUT2D eigenvalue weighted by molar-refractivity contribution is -0.119. The van der Waals surface area contributed by atoms with Gasteiger partial charge in [0.05, 0.1) is 27.0 Å². The van der Waals surface area contributed by atoms with Gasteiger partial charge >= 0.3 is 0 Å². The van der Waals surface area contributed by atoms with Crippen molar-refractivity contribution in [1.82, 2.24) is 9.78 Å². The number of amides is 1. The molecule has 0 unspecified atom stereocenters. The van der Waals surface area contributed by atoms with Crippen LogP contribution in [0.4, 0.5) is 5.82 Å². The van der Waals surface area contributed by atoms with Crippen LogP contribution >= 0.6 is 34.8 Å². The van der Waals surface area contributed by atoms with Gasteiger partial charge in [-0.1, -0.05) is 47.6 Å². The Hall–Kier alpha value is -1.74. The predicted molar refractivity (Wildman–Crippen MR) is 93.9 cm³/mol. The summed E-state index contributed by atoms with van der Waals surface area (Å²) in [6, 6.07) is 5.25. The predicted octanol–water partition coefficient (Wildman–Crippen LogP) is 4.83. The summed E-state index contributed by atoms with van der Waals surface area (Å²) in [4.78, 5) is 12.4. The smallest absolute Gasteiger partial charge is 0.228 e. The maximum absolute atomic E-state index is 12.4. The van der Waals surface area contributed by atoms with Crippen LogP contribution in [0.2, 0.25) is 15.1 Å². The Morgan fingerprint density at radius 3 is 2.62 bits per heavy atom. The average Bonchev–Trinajstić information content (AvgIpc) is 3.23. The molecule has 3 rings (SSSR count). The van der Waals surface area contributed by atoms with Crippen LogP contribution in [0.15, 0.2) is 18.3 Å². The Kier molecular flexibility index (Phi) is 5.00. The number of anilines is 1. The summed E-state index contributed by atoms with van der Waals surface area (Å²) in [7, 11) is 0. The van der Waals surface area contributed by atoms with Gasteiger partial charge in [0.1, 0.15) is 11.6 Å². The molecular weight excluding hydrogens is 371 g/mol. The van der Waals surface area contributed by atoms with Gasteiger partial charge in [0, 0.05) is 5.92 Å². The van der Waals surface area contributed by atoms with E-state index in [2.05, 4.69) is 10.4 Å². The van der Waals surface area contributed by atoms with Crippen LogP contribution < -0.4 is 5.32 Å². The van der Waals surface area contributed by atoms with E-state index >= 15 is 0 Å². The zero-order valence-corrected chi connectivity index (χ0v) is 14.8. The second kappa shape index (κ2) is 7.02. The largest absolute Gasteiger partial charge is 0.309 e. The summed E-state index contributed by atoms with van der Waals surface area (Å²) in [6.45, 7) is 0. The average molecular weight is 384 g/mol. The molecule has 1 aliphatic carbocycles. The van der Waals surface area contributed by atoms with E-state index in [4.69, 9.17) is 34.8 Å². The zero-order chi connectivity index (χ0) is 17.3. The lowest BCUT2D eigenvalue weighted by Crippen LogP contribution is -2.22. The number of nitriles is 1. The SMILES string of the molecule is N#Cc1cnn(-c2ccc(Cl)c(Cl)c2Cl)c1NC(=O)C1CCCC1. The van der Waals surface area contributed by atoms with E-state index in [1.807, 2.05) is 6.07 Å². The molecule has 24 heavy (non-hydrogen) atoms. The molecule has 0 aliphatic heterocycles. The Morgan fingerprint density at radius 1 is 1.25 bits per heavy atom. The molecule has 0 spiro atoms. The van der Waals surface area contributed by atoms with Crippen molar-refractivity contribution in [2.45, 2.75) is 25.7 Å². The molecule has 1 aliphatic rings. The highest BCUT2D eigenvalue weighted by atomic mass is 35.5. The van der Waals surface area contributed by atoms with E-state index in [9.17, 15) is 10.1 Å². The molecule has 1 N–H and O–H groups in total. The first kappa shape index (κ1) is 17.1. The highest BCUT2D eigenvalue weighted by Crippen LogP contribution is 2.36. The summed E-state index contributed by atoms with van der Waals surface area (Å²) in [6.07, 6.45) is 5.18. The lowest BCUT2D eigenvalue weighted by atomic mass is 10.1. The highest BCUT2D eigenvalue weighted by Gasteiger charge is 2.25. The third-order valence-electron chi connectivity index (χ3n) is 4.10. The Labute approximate surface area is 154 Å². The minimum atomic E-state index is -0.109.